The zero-order chi connectivity index (χ0) is 11.5. The third-order valence-electron chi connectivity index (χ3n) is 2.88. The van der Waals surface area contributed by atoms with Gasteiger partial charge >= 0.3 is 0 Å². The molecule has 2 aromatic rings. The molecule has 0 saturated heterocycles. The summed E-state index contributed by atoms with van der Waals surface area (Å²) in [4.78, 5) is 4.55. The summed E-state index contributed by atoms with van der Waals surface area (Å²) in [5, 5.41) is 8.57. The molecule has 0 radical (unpaired) electrons. The Hall–Kier alpha value is -1.82. The van der Waals surface area contributed by atoms with Crippen molar-refractivity contribution in [2.24, 2.45) is 7.05 Å². The molecule has 0 N–H and O–H groups in total. The highest BCUT2D eigenvalue weighted by molar-refractivity contribution is 5.76. The van der Waals surface area contributed by atoms with Gasteiger partial charge in [-0.15, -0.1) is 0 Å². The molecule has 16 heavy (non-hydrogen) atoms. The molecule has 0 fully saturated rings. The predicted molar refractivity (Wildman–Crippen MR) is 64.0 cm³/mol. The fraction of sp³-hybridized carbons (Fsp3) is 0.385. The highest BCUT2D eigenvalue weighted by Gasteiger charge is 2.06. The van der Waals surface area contributed by atoms with E-state index in [1.807, 2.05) is 13.1 Å². The fourth-order valence-electron chi connectivity index (χ4n) is 1.96. The van der Waals surface area contributed by atoms with Crippen molar-refractivity contribution in [3.63, 3.8) is 0 Å². The Morgan fingerprint density at radius 3 is 2.94 bits per heavy atom. The van der Waals surface area contributed by atoms with Crippen LogP contribution in [0, 0.1) is 11.3 Å². The molecule has 3 heteroatoms. The van der Waals surface area contributed by atoms with Gasteiger partial charge < -0.3 is 4.57 Å². The standard InChI is InChI=1S/C13H15N3/c1-3-13-15-11-7-6-10(5-4-8-14)9-12(11)16(13)2/h6-7,9H,3-5H2,1-2H3. The zero-order valence-electron chi connectivity index (χ0n) is 9.70. The van der Waals surface area contributed by atoms with Crippen molar-refractivity contribution in [2.45, 2.75) is 26.2 Å². The number of hydrogen-bond acceptors (Lipinski definition) is 2. The largest absolute Gasteiger partial charge is 0.331 e. The molecule has 0 unspecified atom stereocenters. The van der Waals surface area contributed by atoms with Crippen molar-refractivity contribution in [2.75, 3.05) is 0 Å². The second kappa shape index (κ2) is 4.36. The Bertz CT molecular complexity index is 546. The number of rotatable bonds is 3. The molecule has 1 aromatic heterocycles. The van der Waals surface area contributed by atoms with E-state index in [1.54, 1.807) is 0 Å². The molecule has 0 bridgehead atoms. The Balaban J connectivity index is 2.45. The van der Waals surface area contributed by atoms with E-state index in [-0.39, 0.29) is 0 Å². The van der Waals surface area contributed by atoms with Crippen molar-refractivity contribution >= 4 is 11.0 Å². The maximum absolute atomic E-state index is 8.57. The van der Waals surface area contributed by atoms with Gasteiger partial charge in [0.1, 0.15) is 5.82 Å². The minimum atomic E-state index is 0.573. The summed E-state index contributed by atoms with van der Waals surface area (Å²) in [6.45, 7) is 2.11. The average molecular weight is 213 g/mol. The lowest BCUT2D eigenvalue weighted by Gasteiger charge is -2.00. The SMILES string of the molecule is CCc1nc2ccc(CCC#N)cc2n1C. The van der Waals surface area contributed by atoms with Crippen molar-refractivity contribution in [3.8, 4) is 6.07 Å². The normalized spacial score (nSPS) is 10.6. The Labute approximate surface area is 95.3 Å². The van der Waals surface area contributed by atoms with Crippen LogP contribution in [0.15, 0.2) is 18.2 Å². The second-order valence-electron chi connectivity index (χ2n) is 3.92. The number of benzene rings is 1. The van der Waals surface area contributed by atoms with E-state index in [0.717, 1.165) is 29.7 Å². The average Bonchev–Trinajstić information content (AvgIpc) is 2.63. The van der Waals surface area contributed by atoms with Crippen LogP contribution in [0.5, 0.6) is 0 Å². The minimum Gasteiger partial charge on any atom is -0.331 e. The number of nitrogens with zero attached hydrogens (tertiary/aromatic N) is 3. The zero-order valence-corrected chi connectivity index (χ0v) is 9.70. The van der Waals surface area contributed by atoms with Crippen LogP contribution in [-0.2, 0) is 19.9 Å². The van der Waals surface area contributed by atoms with E-state index in [9.17, 15) is 0 Å². The molecule has 0 saturated carbocycles. The van der Waals surface area contributed by atoms with Gasteiger partial charge in [-0.3, -0.25) is 0 Å². The van der Waals surface area contributed by atoms with Gasteiger partial charge in [-0.2, -0.15) is 5.26 Å². The molecule has 0 aliphatic heterocycles. The van der Waals surface area contributed by atoms with Crippen LogP contribution in [-0.4, -0.2) is 9.55 Å². The number of imidazole rings is 1. The molecule has 0 atom stereocenters. The lowest BCUT2D eigenvalue weighted by Crippen LogP contribution is -1.95. The molecule has 0 aliphatic rings. The van der Waals surface area contributed by atoms with E-state index in [2.05, 4.69) is 34.7 Å². The van der Waals surface area contributed by atoms with Crippen LogP contribution in [0.2, 0.25) is 0 Å². The lowest BCUT2D eigenvalue weighted by atomic mass is 10.1. The number of fused-ring (bicyclic) bond motifs is 1. The summed E-state index contributed by atoms with van der Waals surface area (Å²) in [5.74, 6) is 1.10. The van der Waals surface area contributed by atoms with Crippen LogP contribution >= 0.6 is 0 Å². The molecule has 1 heterocycles. The summed E-state index contributed by atoms with van der Waals surface area (Å²) in [5.41, 5.74) is 3.41. The number of nitriles is 1. The minimum absolute atomic E-state index is 0.573. The number of aromatic nitrogens is 2. The second-order valence-corrected chi connectivity index (χ2v) is 3.92. The third-order valence-corrected chi connectivity index (χ3v) is 2.88. The van der Waals surface area contributed by atoms with Gasteiger partial charge in [-0.1, -0.05) is 13.0 Å². The summed E-state index contributed by atoms with van der Waals surface area (Å²) < 4.78 is 2.13. The maximum atomic E-state index is 8.57. The molecular weight excluding hydrogens is 198 g/mol. The van der Waals surface area contributed by atoms with Crippen LogP contribution in [0.1, 0.15) is 24.7 Å². The molecule has 0 amide bonds. The van der Waals surface area contributed by atoms with Crippen LogP contribution in [0.25, 0.3) is 11.0 Å². The molecule has 3 nitrogen and oxygen atoms in total. The summed E-state index contributed by atoms with van der Waals surface area (Å²) in [7, 11) is 2.04. The molecule has 2 rings (SSSR count). The van der Waals surface area contributed by atoms with Gasteiger partial charge in [0, 0.05) is 19.9 Å². The Morgan fingerprint density at radius 1 is 1.44 bits per heavy atom. The van der Waals surface area contributed by atoms with Crippen molar-refractivity contribution < 1.29 is 0 Å². The van der Waals surface area contributed by atoms with E-state index in [1.165, 1.54) is 5.56 Å². The van der Waals surface area contributed by atoms with Gasteiger partial charge in [0.2, 0.25) is 0 Å². The van der Waals surface area contributed by atoms with Crippen LogP contribution < -0.4 is 0 Å². The molecular formula is C13H15N3. The van der Waals surface area contributed by atoms with Crippen molar-refractivity contribution in [1.29, 1.82) is 5.26 Å². The van der Waals surface area contributed by atoms with Crippen molar-refractivity contribution in [1.82, 2.24) is 9.55 Å². The summed E-state index contributed by atoms with van der Waals surface area (Å²) in [6.07, 6.45) is 2.34. The number of hydrogen-bond donors (Lipinski definition) is 0. The highest BCUT2D eigenvalue weighted by Crippen LogP contribution is 2.17. The Morgan fingerprint density at radius 2 is 2.25 bits per heavy atom. The van der Waals surface area contributed by atoms with Crippen LogP contribution in [0.3, 0.4) is 0 Å². The van der Waals surface area contributed by atoms with E-state index in [4.69, 9.17) is 5.26 Å². The van der Waals surface area contributed by atoms with E-state index >= 15 is 0 Å². The van der Waals surface area contributed by atoms with Gasteiger partial charge in [-0.05, 0) is 24.1 Å². The van der Waals surface area contributed by atoms with Gasteiger partial charge in [-0.25, -0.2) is 4.98 Å². The molecule has 1 aromatic carbocycles. The first kappa shape index (κ1) is 10.7. The predicted octanol–water partition coefficient (Wildman–Crippen LogP) is 2.59. The fourth-order valence-corrected chi connectivity index (χ4v) is 1.96. The van der Waals surface area contributed by atoms with Crippen LogP contribution in [0.4, 0.5) is 0 Å². The topological polar surface area (TPSA) is 41.6 Å². The monoisotopic (exact) mass is 213 g/mol. The summed E-state index contributed by atoms with van der Waals surface area (Å²) in [6, 6.07) is 8.42. The quantitative estimate of drug-likeness (QED) is 0.786. The van der Waals surface area contributed by atoms with Gasteiger partial charge in [0.25, 0.3) is 0 Å². The Kier molecular flexibility index (Phi) is 2.91. The molecule has 0 aliphatic carbocycles. The van der Waals surface area contributed by atoms with Gasteiger partial charge in [0.15, 0.2) is 0 Å². The molecule has 82 valence electrons. The van der Waals surface area contributed by atoms with Gasteiger partial charge in [0.05, 0.1) is 17.1 Å². The van der Waals surface area contributed by atoms with E-state index < -0.39 is 0 Å². The lowest BCUT2D eigenvalue weighted by molar-refractivity contribution is 0.828. The first-order valence-electron chi connectivity index (χ1n) is 5.57. The molecule has 0 spiro atoms. The highest BCUT2D eigenvalue weighted by atomic mass is 15.1. The third kappa shape index (κ3) is 1.79. The smallest absolute Gasteiger partial charge is 0.109 e. The van der Waals surface area contributed by atoms with Crippen molar-refractivity contribution in [3.05, 3.63) is 29.6 Å². The first-order valence-corrected chi connectivity index (χ1v) is 5.57. The first-order chi connectivity index (χ1) is 7.76. The number of aryl methyl sites for hydroxylation is 3. The van der Waals surface area contributed by atoms with E-state index in [0.29, 0.717) is 6.42 Å². The maximum Gasteiger partial charge on any atom is 0.109 e. The summed E-state index contributed by atoms with van der Waals surface area (Å²) >= 11 is 0.